The molecular weight excluding hydrogens is 222 g/mol. The van der Waals surface area contributed by atoms with Gasteiger partial charge in [-0.15, -0.1) is 6.42 Å². The molecule has 0 radical (unpaired) electrons. The molecule has 2 aromatic rings. The van der Waals surface area contributed by atoms with Gasteiger partial charge in [0.1, 0.15) is 0 Å². The predicted molar refractivity (Wildman–Crippen MR) is 74.5 cm³/mol. The number of carbonyl (C=O) groups excluding carboxylic acids is 1. The molecule has 0 unspecified atom stereocenters. The Bertz CT molecular complexity index is 635. The molecule has 0 fully saturated rings. The molecule has 2 nitrogen and oxygen atoms in total. The summed E-state index contributed by atoms with van der Waals surface area (Å²) in [6.45, 7) is 3.87. The number of nitrogens with one attached hydrogen (secondary N) is 1. The number of hydrogen-bond acceptors (Lipinski definition) is 1. The van der Waals surface area contributed by atoms with Crippen LogP contribution in [-0.2, 0) is 0 Å². The topological polar surface area (TPSA) is 29.1 Å². The van der Waals surface area contributed by atoms with Crippen LogP contribution in [0.5, 0.6) is 0 Å². The van der Waals surface area contributed by atoms with E-state index >= 15 is 0 Å². The van der Waals surface area contributed by atoms with Gasteiger partial charge in [0.25, 0.3) is 5.91 Å². The van der Waals surface area contributed by atoms with Crippen LogP contribution in [0, 0.1) is 12.3 Å². The molecule has 0 atom stereocenters. The largest absolute Gasteiger partial charge is 0.350 e. The van der Waals surface area contributed by atoms with Crippen molar-refractivity contribution in [3.8, 4) is 12.3 Å². The van der Waals surface area contributed by atoms with Crippen LogP contribution in [0.3, 0.4) is 0 Å². The number of benzene rings is 2. The fraction of sp³-hybridized carbons (Fsp3) is 0.188. The third-order valence-electron chi connectivity index (χ3n) is 2.69. The molecule has 90 valence electrons. The van der Waals surface area contributed by atoms with E-state index in [1.54, 1.807) is 6.07 Å². The van der Waals surface area contributed by atoms with Crippen LogP contribution >= 0.6 is 0 Å². The Kier molecular flexibility index (Phi) is 3.34. The first-order valence-corrected chi connectivity index (χ1v) is 5.92. The smallest absolute Gasteiger partial charge is 0.252 e. The summed E-state index contributed by atoms with van der Waals surface area (Å²) in [6.07, 6.45) is 5.43. The molecule has 0 aliphatic carbocycles. The Balaban J connectivity index is 2.61. The summed E-state index contributed by atoms with van der Waals surface area (Å²) in [5.74, 6) is 2.50. The predicted octanol–water partition coefficient (Wildman–Crippen LogP) is 2.96. The van der Waals surface area contributed by atoms with E-state index in [1.807, 2.05) is 44.2 Å². The van der Waals surface area contributed by atoms with E-state index in [4.69, 9.17) is 6.42 Å². The van der Waals surface area contributed by atoms with Crippen molar-refractivity contribution in [2.24, 2.45) is 0 Å². The first-order chi connectivity index (χ1) is 8.61. The van der Waals surface area contributed by atoms with Crippen LogP contribution in [0.1, 0.15) is 29.8 Å². The van der Waals surface area contributed by atoms with E-state index in [1.165, 1.54) is 0 Å². The van der Waals surface area contributed by atoms with Gasteiger partial charge >= 0.3 is 0 Å². The van der Waals surface area contributed by atoms with Crippen molar-refractivity contribution >= 4 is 16.7 Å². The van der Waals surface area contributed by atoms with E-state index in [0.29, 0.717) is 5.56 Å². The first kappa shape index (κ1) is 12.2. The van der Waals surface area contributed by atoms with E-state index in [-0.39, 0.29) is 11.9 Å². The zero-order valence-electron chi connectivity index (χ0n) is 10.5. The molecule has 0 saturated heterocycles. The summed E-state index contributed by atoms with van der Waals surface area (Å²) in [5.41, 5.74) is 1.36. The first-order valence-electron chi connectivity index (χ1n) is 5.92. The molecule has 18 heavy (non-hydrogen) atoms. The van der Waals surface area contributed by atoms with Gasteiger partial charge in [-0.25, -0.2) is 0 Å². The van der Waals surface area contributed by atoms with Crippen molar-refractivity contribution in [2.45, 2.75) is 19.9 Å². The van der Waals surface area contributed by atoms with Crippen LogP contribution in [0.15, 0.2) is 36.4 Å². The molecule has 0 aliphatic rings. The average molecular weight is 237 g/mol. The number of hydrogen-bond donors (Lipinski definition) is 1. The van der Waals surface area contributed by atoms with Crippen LogP contribution in [0.25, 0.3) is 10.8 Å². The minimum atomic E-state index is -0.0849. The fourth-order valence-electron chi connectivity index (χ4n) is 1.92. The Morgan fingerprint density at radius 1 is 1.28 bits per heavy atom. The maximum atomic E-state index is 12.2. The third-order valence-corrected chi connectivity index (χ3v) is 2.69. The summed E-state index contributed by atoms with van der Waals surface area (Å²) >= 11 is 0. The van der Waals surface area contributed by atoms with E-state index in [9.17, 15) is 4.79 Å². The highest BCUT2D eigenvalue weighted by Gasteiger charge is 2.11. The number of carbonyl (C=O) groups is 1. The SMILES string of the molecule is C#Cc1cc(C(=O)NC(C)C)c2ccccc2c1. The molecule has 0 aromatic heterocycles. The molecule has 2 heteroatoms. The summed E-state index contributed by atoms with van der Waals surface area (Å²) in [6, 6.07) is 11.5. The molecule has 2 rings (SSSR count). The van der Waals surface area contributed by atoms with Crippen LogP contribution in [0.2, 0.25) is 0 Å². The molecule has 0 saturated carbocycles. The van der Waals surface area contributed by atoms with Gasteiger partial charge in [-0.1, -0.05) is 30.2 Å². The standard InChI is InChI=1S/C16H15NO/c1-4-12-9-13-7-5-6-8-14(13)15(10-12)16(18)17-11(2)3/h1,5-11H,2-3H3,(H,17,18). The van der Waals surface area contributed by atoms with Gasteiger partial charge in [-0.2, -0.15) is 0 Å². The monoisotopic (exact) mass is 237 g/mol. The number of fused-ring (bicyclic) bond motifs is 1. The molecule has 1 N–H and O–H groups in total. The second kappa shape index (κ2) is 4.93. The Morgan fingerprint density at radius 3 is 2.67 bits per heavy atom. The van der Waals surface area contributed by atoms with Crippen molar-refractivity contribution in [2.75, 3.05) is 0 Å². The second-order valence-corrected chi connectivity index (χ2v) is 4.52. The van der Waals surface area contributed by atoms with Crippen LogP contribution < -0.4 is 5.32 Å². The molecule has 0 heterocycles. The van der Waals surface area contributed by atoms with E-state index in [0.717, 1.165) is 16.3 Å². The van der Waals surface area contributed by atoms with Crippen molar-refractivity contribution in [1.29, 1.82) is 0 Å². The van der Waals surface area contributed by atoms with Gasteiger partial charge in [-0.3, -0.25) is 4.79 Å². The lowest BCUT2D eigenvalue weighted by Gasteiger charge is -2.11. The Labute approximate surface area is 107 Å². The lowest BCUT2D eigenvalue weighted by atomic mass is 10.0. The molecular formula is C16H15NO. The van der Waals surface area contributed by atoms with Gasteiger partial charge in [0.15, 0.2) is 0 Å². The molecule has 1 amide bonds. The Hall–Kier alpha value is -2.27. The Morgan fingerprint density at radius 2 is 2.00 bits per heavy atom. The summed E-state index contributed by atoms with van der Waals surface area (Å²) < 4.78 is 0. The van der Waals surface area contributed by atoms with E-state index in [2.05, 4.69) is 11.2 Å². The van der Waals surface area contributed by atoms with Crippen molar-refractivity contribution in [1.82, 2.24) is 5.32 Å². The van der Waals surface area contributed by atoms with Gasteiger partial charge < -0.3 is 5.32 Å². The van der Waals surface area contributed by atoms with Crippen molar-refractivity contribution in [3.63, 3.8) is 0 Å². The number of rotatable bonds is 2. The van der Waals surface area contributed by atoms with Crippen LogP contribution in [0.4, 0.5) is 0 Å². The summed E-state index contributed by atoms with van der Waals surface area (Å²) in [5, 5.41) is 4.81. The molecule has 0 bridgehead atoms. The summed E-state index contributed by atoms with van der Waals surface area (Å²) in [7, 11) is 0. The number of amides is 1. The second-order valence-electron chi connectivity index (χ2n) is 4.52. The minimum Gasteiger partial charge on any atom is -0.350 e. The highest BCUT2D eigenvalue weighted by molar-refractivity contribution is 6.07. The molecule has 0 spiro atoms. The molecule has 0 aliphatic heterocycles. The maximum absolute atomic E-state index is 12.2. The molecule has 2 aromatic carbocycles. The van der Waals surface area contributed by atoms with Crippen LogP contribution in [-0.4, -0.2) is 11.9 Å². The zero-order chi connectivity index (χ0) is 13.1. The quantitative estimate of drug-likeness (QED) is 0.799. The van der Waals surface area contributed by atoms with Crippen molar-refractivity contribution < 1.29 is 4.79 Å². The van der Waals surface area contributed by atoms with E-state index < -0.39 is 0 Å². The maximum Gasteiger partial charge on any atom is 0.252 e. The summed E-state index contributed by atoms with van der Waals surface area (Å²) in [4.78, 5) is 12.2. The minimum absolute atomic E-state index is 0.0849. The third kappa shape index (κ3) is 2.36. The fourth-order valence-corrected chi connectivity index (χ4v) is 1.92. The average Bonchev–Trinajstić information content (AvgIpc) is 2.36. The number of terminal acetylenes is 1. The van der Waals surface area contributed by atoms with Crippen molar-refractivity contribution in [3.05, 3.63) is 47.5 Å². The normalized spacial score (nSPS) is 10.3. The van der Waals surface area contributed by atoms with Gasteiger partial charge in [-0.05, 0) is 36.8 Å². The lowest BCUT2D eigenvalue weighted by Crippen LogP contribution is -2.30. The van der Waals surface area contributed by atoms with Gasteiger partial charge in [0, 0.05) is 17.2 Å². The highest BCUT2D eigenvalue weighted by Crippen LogP contribution is 2.21. The lowest BCUT2D eigenvalue weighted by molar-refractivity contribution is 0.0945. The van der Waals surface area contributed by atoms with Gasteiger partial charge in [0.05, 0.1) is 0 Å². The highest BCUT2D eigenvalue weighted by atomic mass is 16.1. The zero-order valence-corrected chi connectivity index (χ0v) is 10.5. The van der Waals surface area contributed by atoms with Gasteiger partial charge in [0.2, 0.25) is 0 Å².